The second kappa shape index (κ2) is 5.43. The molecule has 0 bridgehead atoms. The van der Waals surface area contributed by atoms with Gasteiger partial charge in [0.15, 0.2) is 0 Å². The molecule has 0 saturated heterocycles. The smallest absolute Gasteiger partial charge is 0.00521 e. The van der Waals surface area contributed by atoms with E-state index >= 15 is 0 Å². The standard InChI is InChI=1S/C22H24/c1-15-10-12-18(13-11-15)20-9-5-8-19-14-21(16(2)22(19)20)17-6-3-4-7-17/h5,8-13,17H,3-4,6-7,14H2,1-2H3. The van der Waals surface area contributed by atoms with Crippen LogP contribution in [0.5, 0.6) is 0 Å². The third-order valence-electron chi connectivity index (χ3n) is 5.60. The van der Waals surface area contributed by atoms with Crippen molar-refractivity contribution < 1.29 is 0 Å². The SMILES string of the molecule is CC1=C(C2CCCC2)Cc2cccc(-c3ccc(C)cc3)c21. The number of hydrogen-bond donors (Lipinski definition) is 0. The Morgan fingerprint density at radius 1 is 0.864 bits per heavy atom. The molecule has 22 heavy (non-hydrogen) atoms. The molecule has 0 atom stereocenters. The van der Waals surface area contributed by atoms with E-state index in [1.54, 1.807) is 11.1 Å². The molecule has 0 aromatic heterocycles. The maximum Gasteiger partial charge on any atom is -0.00521 e. The molecule has 0 heteroatoms. The summed E-state index contributed by atoms with van der Waals surface area (Å²) >= 11 is 0. The minimum atomic E-state index is 0.846. The fraction of sp³-hybridized carbons (Fsp3) is 0.364. The van der Waals surface area contributed by atoms with Crippen LogP contribution in [0.4, 0.5) is 0 Å². The van der Waals surface area contributed by atoms with Crippen molar-refractivity contribution in [2.24, 2.45) is 5.92 Å². The Morgan fingerprint density at radius 2 is 1.59 bits per heavy atom. The Bertz CT molecular complexity index is 725. The molecule has 0 amide bonds. The van der Waals surface area contributed by atoms with E-state index in [0.717, 1.165) is 5.92 Å². The highest BCUT2D eigenvalue weighted by molar-refractivity contribution is 5.87. The maximum absolute atomic E-state index is 2.36. The van der Waals surface area contributed by atoms with Crippen LogP contribution in [0.15, 0.2) is 48.0 Å². The Hall–Kier alpha value is -1.82. The molecule has 0 unspecified atom stereocenters. The summed E-state index contributed by atoms with van der Waals surface area (Å²) in [5.41, 5.74) is 10.5. The number of hydrogen-bond acceptors (Lipinski definition) is 0. The Kier molecular flexibility index (Phi) is 3.41. The molecular formula is C22H24. The fourth-order valence-corrected chi connectivity index (χ4v) is 4.39. The lowest BCUT2D eigenvalue weighted by Gasteiger charge is -2.13. The molecule has 2 aliphatic rings. The number of aryl methyl sites for hydroxylation is 1. The predicted octanol–water partition coefficient (Wildman–Crippen LogP) is 6.18. The van der Waals surface area contributed by atoms with Crippen molar-refractivity contribution in [1.82, 2.24) is 0 Å². The van der Waals surface area contributed by atoms with Crippen LogP contribution in [-0.4, -0.2) is 0 Å². The average Bonchev–Trinajstić information content (AvgIpc) is 3.16. The monoisotopic (exact) mass is 288 g/mol. The van der Waals surface area contributed by atoms with Crippen LogP contribution in [0, 0.1) is 12.8 Å². The van der Waals surface area contributed by atoms with Crippen LogP contribution in [0.3, 0.4) is 0 Å². The third kappa shape index (κ3) is 2.22. The van der Waals surface area contributed by atoms with Gasteiger partial charge in [0.1, 0.15) is 0 Å². The van der Waals surface area contributed by atoms with E-state index in [4.69, 9.17) is 0 Å². The van der Waals surface area contributed by atoms with Gasteiger partial charge in [-0.05, 0) is 66.9 Å². The summed E-state index contributed by atoms with van der Waals surface area (Å²) < 4.78 is 0. The van der Waals surface area contributed by atoms with Crippen LogP contribution >= 0.6 is 0 Å². The Balaban J connectivity index is 1.81. The van der Waals surface area contributed by atoms with Gasteiger partial charge in [-0.3, -0.25) is 0 Å². The zero-order valence-electron chi connectivity index (χ0n) is 13.7. The zero-order chi connectivity index (χ0) is 15.1. The van der Waals surface area contributed by atoms with E-state index in [-0.39, 0.29) is 0 Å². The summed E-state index contributed by atoms with van der Waals surface area (Å²) in [6.45, 7) is 4.51. The highest BCUT2D eigenvalue weighted by atomic mass is 14.3. The van der Waals surface area contributed by atoms with Crippen LogP contribution in [-0.2, 0) is 6.42 Å². The van der Waals surface area contributed by atoms with Crippen LogP contribution in [0.2, 0.25) is 0 Å². The fourth-order valence-electron chi connectivity index (χ4n) is 4.39. The van der Waals surface area contributed by atoms with Crippen LogP contribution < -0.4 is 0 Å². The van der Waals surface area contributed by atoms with Crippen molar-refractivity contribution in [2.45, 2.75) is 46.0 Å². The molecule has 0 aliphatic heterocycles. The quantitative estimate of drug-likeness (QED) is 0.618. The molecule has 0 spiro atoms. The largest absolute Gasteiger partial charge is 0.0613 e. The minimum Gasteiger partial charge on any atom is -0.0613 e. The van der Waals surface area contributed by atoms with E-state index in [0.29, 0.717) is 0 Å². The van der Waals surface area contributed by atoms with Crippen molar-refractivity contribution in [3.63, 3.8) is 0 Å². The first-order valence-corrected chi connectivity index (χ1v) is 8.63. The van der Waals surface area contributed by atoms with Crippen molar-refractivity contribution in [1.29, 1.82) is 0 Å². The van der Waals surface area contributed by atoms with Crippen molar-refractivity contribution in [2.75, 3.05) is 0 Å². The normalized spacial score (nSPS) is 18.1. The second-order valence-corrected chi connectivity index (χ2v) is 7.01. The lowest BCUT2D eigenvalue weighted by atomic mass is 9.92. The summed E-state index contributed by atoms with van der Waals surface area (Å²) in [4.78, 5) is 0. The van der Waals surface area contributed by atoms with Gasteiger partial charge >= 0.3 is 0 Å². The highest BCUT2D eigenvalue weighted by Gasteiger charge is 2.28. The molecule has 1 saturated carbocycles. The van der Waals surface area contributed by atoms with E-state index in [2.05, 4.69) is 56.3 Å². The number of rotatable bonds is 2. The lowest BCUT2D eigenvalue weighted by Crippen LogP contribution is -1.99. The number of benzene rings is 2. The van der Waals surface area contributed by atoms with Gasteiger partial charge < -0.3 is 0 Å². The van der Waals surface area contributed by atoms with Crippen molar-refractivity contribution in [3.05, 3.63) is 64.7 Å². The molecule has 0 N–H and O–H groups in total. The average molecular weight is 288 g/mol. The second-order valence-electron chi connectivity index (χ2n) is 7.01. The summed E-state index contributed by atoms with van der Waals surface area (Å²) in [5, 5.41) is 0. The summed E-state index contributed by atoms with van der Waals surface area (Å²) in [5.74, 6) is 0.846. The lowest BCUT2D eigenvalue weighted by molar-refractivity contribution is 0.632. The summed E-state index contributed by atoms with van der Waals surface area (Å²) in [7, 11) is 0. The molecule has 2 aromatic carbocycles. The van der Waals surface area contributed by atoms with E-state index < -0.39 is 0 Å². The third-order valence-corrected chi connectivity index (χ3v) is 5.60. The van der Waals surface area contributed by atoms with Gasteiger partial charge in [-0.25, -0.2) is 0 Å². The highest BCUT2D eigenvalue weighted by Crippen LogP contribution is 2.45. The summed E-state index contributed by atoms with van der Waals surface area (Å²) in [6.07, 6.45) is 6.83. The molecule has 112 valence electrons. The molecule has 1 fully saturated rings. The molecular weight excluding hydrogens is 264 g/mol. The number of fused-ring (bicyclic) bond motifs is 1. The van der Waals surface area contributed by atoms with Gasteiger partial charge in [0.2, 0.25) is 0 Å². The van der Waals surface area contributed by atoms with Gasteiger partial charge in [0.05, 0.1) is 0 Å². The van der Waals surface area contributed by atoms with E-state index in [1.165, 1.54) is 59.9 Å². The van der Waals surface area contributed by atoms with E-state index in [9.17, 15) is 0 Å². The first-order chi connectivity index (χ1) is 10.7. The zero-order valence-corrected chi connectivity index (χ0v) is 13.7. The predicted molar refractivity (Wildman–Crippen MR) is 94.9 cm³/mol. The maximum atomic E-state index is 2.36. The molecule has 0 nitrogen and oxygen atoms in total. The summed E-state index contributed by atoms with van der Waals surface area (Å²) in [6, 6.07) is 15.8. The van der Waals surface area contributed by atoms with Gasteiger partial charge in [0.25, 0.3) is 0 Å². The molecule has 2 aliphatic carbocycles. The number of allylic oxidation sites excluding steroid dienone is 2. The molecule has 4 rings (SSSR count). The van der Waals surface area contributed by atoms with Gasteiger partial charge in [-0.1, -0.05) is 66.4 Å². The van der Waals surface area contributed by atoms with E-state index in [1.807, 2.05) is 0 Å². The van der Waals surface area contributed by atoms with Crippen molar-refractivity contribution in [3.8, 4) is 11.1 Å². The first kappa shape index (κ1) is 13.8. The van der Waals surface area contributed by atoms with Crippen LogP contribution in [0.1, 0.15) is 49.3 Å². The topological polar surface area (TPSA) is 0 Å². The van der Waals surface area contributed by atoms with Crippen LogP contribution in [0.25, 0.3) is 16.7 Å². The molecule has 0 radical (unpaired) electrons. The van der Waals surface area contributed by atoms with Gasteiger partial charge in [0, 0.05) is 0 Å². The first-order valence-electron chi connectivity index (χ1n) is 8.63. The Morgan fingerprint density at radius 3 is 2.32 bits per heavy atom. The van der Waals surface area contributed by atoms with Crippen molar-refractivity contribution >= 4 is 5.57 Å². The Labute approximate surface area is 133 Å². The molecule has 0 heterocycles. The van der Waals surface area contributed by atoms with Gasteiger partial charge in [-0.15, -0.1) is 0 Å². The van der Waals surface area contributed by atoms with Gasteiger partial charge in [-0.2, -0.15) is 0 Å². The minimum absolute atomic E-state index is 0.846. The molecule has 2 aromatic rings.